The van der Waals surface area contributed by atoms with Crippen molar-refractivity contribution < 1.29 is 0 Å². The van der Waals surface area contributed by atoms with Crippen LogP contribution in [0.2, 0.25) is 0 Å². The minimum atomic E-state index is 0.712. The Bertz CT molecular complexity index is 307. The first-order valence-electron chi connectivity index (χ1n) is 5.67. The van der Waals surface area contributed by atoms with E-state index in [1.54, 1.807) is 6.33 Å². The number of imidazole rings is 1. The van der Waals surface area contributed by atoms with Gasteiger partial charge >= 0.3 is 0 Å². The molecular formula is C11H20N4. The van der Waals surface area contributed by atoms with E-state index >= 15 is 0 Å². The van der Waals surface area contributed by atoms with E-state index in [9.17, 15) is 0 Å². The first-order chi connectivity index (χ1) is 7.27. The SMILES string of the molecule is Cc1[nH]cnc1CNCC1CCCN1C. The van der Waals surface area contributed by atoms with Crippen molar-refractivity contribution in [3.63, 3.8) is 0 Å². The number of hydrogen-bond donors (Lipinski definition) is 2. The molecule has 1 atom stereocenters. The molecule has 2 heterocycles. The first-order valence-corrected chi connectivity index (χ1v) is 5.67. The van der Waals surface area contributed by atoms with Gasteiger partial charge in [-0.3, -0.25) is 0 Å². The fourth-order valence-electron chi connectivity index (χ4n) is 2.16. The molecule has 2 rings (SSSR count). The number of aromatic nitrogens is 2. The maximum Gasteiger partial charge on any atom is 0.0925 e. The monoisotopic (exact) mass is 208 g/mol. The maximum atomic E-state index is 4.27. The standard InChI is InChI=1S/C11H20N4/c1-9-11(14-8-13-9)7-12-6-10-4-3-5-15(10)2/h8,10,12H,3-7H2,1-2H3,(H,13,14). The average Bonchev–Trinajstić information content (AvgIpc) is 2.78. The summed E-state index contributed by atoms with van der Waals surface area (Å²) in [6.07, 6.45) is 4.42. The molecule has 15 heavy (non-hydrogen) atoms. The summed E-state index contributed by atoms with van der Waals surface area (Å²) < 4.78 is 0. The molecule has 0 aliphatic carbocycles. The maximum absolute atomic E-state index is 4.27. The lowest BCUT2D eigenvalue weighted by Gasteiger charge is -2.19. The Kier molecular flexibility index (Phi) is 3.38. The second kappa shape index (κ2) is 4.77. The molecular weight excluding hydrogens is 188 g/mol. The van der Waals surface area contributed by atoms with Crippen LogP contribution in [0.4, 0.5) is 0 Å². The van der Waals surface area contributed by atoms with Gasteiger partial charge in [0.25, 0.3) is 0 Å². The second-order valence-corrected chi connectivity index (χ2v) is 4.38. The van der Waals surface area contributed by atoms with Crippen LogP contribution in [0.5, 0.6) is 0 Å². The Morgan fingerprint density at radius 3 is 3.13 bits per heavy atom. The van der Waals surface area contributed by atoms with Crippen LogP contribution in [0, 0.1) is 6.92 Å². The molecule has 0 radical (unpaired) electrons. The molecule has 2 N–H and O–H groups in total. The van der Waals surface area contributed by atoms with Crippen molar-refractivity contribution in [2.24, 2.45) is 0 Å². The molecule has 0 saturated carbocycles. The van der Waals surface area contributed by atoms with Crippen molar-refractivity contribution in [3.8, 4) is 0 Å². The van der Waals surface area contributed by atoms with E-state index in [0.29, 0.717) is 6.04 Å². The Labute approximate surface area is 91.1 Å². The predicted molar refractivity (Wildman–Crippen MR) is 60.7 cm³/mol. The normalized spacial score (nSPS) is 22.4. The summed E-state index contributed by atoms with van der Waals surface area (Å²) in [5, 5.41) is 3.48. The van der Waals surface area contributed by atoms with Crippen LogP contribution in [0.3, 0.4) is 0 Å². The van der Waals surface area contributed by atoms with Gasteiger partial charge in [0, 0.05) is 24.8 Å². The van der Waals surface area contributed by atoms with Gasteiger partial charge in [-0.25, -0.2) is 4.98 Å². The Morgan fingerprint density at radius 1 is 1.67 bits per heavy atom. The summed E-state index contributed by atoms with van der Waals surface area (Å²) in [4.78, 5) is 9.80. The van der Waals surface area contributed by atoms with Gasteiger partial charge in [-0.1, -0.05) is 0 Å². The van der Waals surface area contributed by atoms with Gasteiger partial charge in [0.05, 0.1) is 12.0 Å². The Morgan fingerprint density at radius 2 is 2.53 bits per heavy atom. The number of rotatable bonds is 4. The zero-order chi connectivity index (χ0) is 10.7. The molecule has 1 aliphatic heterocycles. The lowest BCUT2D eigenvalue weighted by molar-refractivity contribution is 0.300. The third-order valence-electron chi connectivity index (χ3n) is 3.28. The average molecular weight is 208 g/mol. The van der Waals surface area contributed by atoms with E-state index in [2.05, 4.69) is 34.2 Å². The number of nitrogens with zero attached hydrogens (tertiary/aromatic N) is 2. The molecule has 1 saturated heterocycles. The molecule has 4 nitrogen and oxygen atoms in total. The van der Waals surface area contributed by atoms with Crippen LogP contribution in [0.1, 0.15) is 24.2 Å². The minimum Gasteiger partial charge on any atom is -0.348 e. The summed E-state index contributed by atoms with van der Waals surface area (Å²) in [5.41, 5.74) is 2.30. The van der Waals surface area contributed by atoms with E-state index < -0.39 is 0 Å². The predicted octanol–water partition coefficient (Wildman–Crippen LogP) is 0.902. The summed E-state index contributed by atoms with van der Waals surface area (Å²) in [7, 11) is 2.21. The van der Waals surface area contributed by atoms with Crippen molar-refractivity contribution in [3.05, 3.63) is 17.7 Å². The topological polar surface area (TPSA) is 44.0 Å². The van der Waals surface area contributed by atoms with E-state index in [1.165, 1.54) is 25.1 Å². The van der Waals surface area contributed by atoms with Gasteiger partial charge in [-0.2, -0.15) is 0 Å². The minimum absolute atomic E-state index is 0.712. The van der Waals surface area contributed by atoms with Crippen LogP contribution >= 0.6 is 0 Å². The molecule has 0 amide bonds. The molecule has 1 unspecified atom stereocenters. The van der Waals surface area contributed by atoms with Crippen LogP contribution in [-0.2, 0) is 6.54 Å². The van der Waals surface area contributed by atoms with Crippen molar-refractivity contribution in [2.45, 2.75) is 32.4 Å². The number of H-pyrrole nitrogens is 1. The lowest BCUT2D eigenvalue weighted by atomic mass is 10.2. The Hall–Kier alpha value is -0.870. The number of aryl methyl sites for hydroxylation is 1. The number of likely N-dealkylation sites (tertiary alicyclic amines) is 1. The van der Waals surface area contributed by atoms with Gasteiger partial charge in [0.1, 0.15) is 0 Å². The molecule has 1 aromatic heterocycles. The fourth-order valence-corrected chi connectivity index (χ4v) is 2.16. The highest BCUT2D eigenvalue weighted by molar-refractivity contribution is 5.07. The molecule has 0 spiro atoms. The van der Waals surface area contributed by atoms with Crippen molar-refractivity contribution in [1.29, 1.82) is 0 Å². The number of nitrogens with one attached hydrogen (secondary N) is 2. The summed E-state index contributed by atoms with van der Waals surface area (Å²) >= 11 is 0. The van der Waals surface area contributed by atoms with Crippen LogP contribution in [0.15, 0.2) is 6.33 Å². The van der Waals surface area contributed by atoms with E-state index in [1.807, 2.05) is 0 Å². The molecule has 0 bridgehead atoms. The lowest BCUT2D eigenvalue weighted by Crippen LogP contribution is -2.35. The van der Waals surface area contributed by atoms with E-state index in [4.69, 9.17) is 0 Å². The number of aromatic amines is 1. The summed E-state index contributed by atoms with van der Waals surface area (Å²) in [6.45, 7) is 5.25. The van der Waals surface area contributed by atoms with Gasteiger partial charge in [0.15, 0.2) is 0 Å². The molecule has 84 valence electrons. The van der Waals surface area contributed by atoms with E-state index in [-0.39, 0.29) is 0 Å². The number of hydrogen-bond acceptors (Lipinski definition) is 3. The zero-order valence-electron chi connectivity index (χ0n) is 9.58. The van der Waals surface area contributed by atoms with Gasteiger partial charge in [0.2, 0.25) is 0 Å². The van der Waals surface area contributed by atoms with Crippen LogP contribution in [-0.4, -0.2) is 41.0 Å². The van der Waals surface area contributed by atoms with Crippen molar-refractivity contribution >= 4 is 0 Å². The molecule has 4 heteroatoms. The second-order valence-electron chi connectivity index (χ2n) is 4.38. The summed E-state index contributed by atoms with van der Waals surface area (Å²) in [5.74, 6) is 0. The van der Waals surface area contributed by atoms with E-state index in [0.717, 1.165) is 18.8 Å². The molecule has 1 aromatic rings. The van der Waals surface area contributed by atoms with Gasteiger partial charge < -0.3 is 15.2 Å². The van der Waals surface area contributed by atoms with Crippen LogP contribution in [0.25, 0.3) is 0 Å². The molecule has 1 aliphatic rings. The smallest absolute Gasteiger partial charge is 0.0925 e. The van der Waals surface area contributed by atoms with Crippen molar-refractivity contribution in [2.75, 3.05) is 20.1 Å². The zero-order valence-corrected chi connectivity index (χ0v) is 9.58. The van der Waals surface area contributed by atoms with Gasteiger partial charge in [-0.15, -0.1) is 0 Å². The van der Waals surface area contributed by atoms with Crippen LogP contribution < -0.4 is 5.32 Å². The highest BCUT2D eigenvalue weighted by atomic mass is 15.2. The Balaban J connectivity index is 1.73. The summed E-state index contributed by atoms with van der Waals surface area (Å²) in [6, 6.07) is 0.712. The molecule has 1 fully saturated rings. The third kappa shape index (κ3) is 2.58. The third-order valence-corrected chi connectivity index (χ3v) is 3.28. The molecule has 0 aromatic carbocycles. The highest BCUT2D eigenvalue weighted by Crippen LogP contribution is 2.13. The highest BCUT2D eigenvalue weighted by Gasteiger charge is 2.19. The first kappa shape index (κ1) is 10.6. The van der Waals surface area contributed by atoms with Gasteiger partial charge in [-0.05, 0) is 33.4 Å². The largest absolute Gasteiger partial charge is 0.348 e. The number of likely N-dealkylation sites (N-methyl/N-ethyl adjacent to an activating group) is 1. The quantitative estimate of drug-likeness (QED) is 0.772. The fraction of sp³-hybridized carbons (Fsp3) is 0.727. The van der Waals surface area contributed by atoms with Crippen molar-refractivity contribution in [1.82, 2.24) is 20.2 Å².